The molecule has 62 heavy (non-hydrogen) atoms. The van der Waals surface area contributed by atoms with Crippen LogP contribution in [0.4, 0.5) is 26.7 Å². The number of urea groups is 1. The normalized spacial score (nSPS) is 14.5. The Kier molecular flexibility index (Phi) is 18.4. The van der Waals surface area contributed by atoms with Gasteiger partial charge in [-0.05, 0) is 84.9 Å². The number of esters is 1. The molecule has 1 fully saturated rings. The molecule has 2 N–H and O–H groups in total. The van der Waals surface area contributed by atoms with E-state index in [0.29, 0.717) is 49.0 Å². The van der Waals surface area contributed by atoms with E-state index in [2.05, 4.69) is 43.2 Å². The number of ether oxygens (including phenoxy) is 2. The van der Waals surface area contributed by atoms with Gasteiger partial charge in [0.2, 0.25) is 6.79 Å². The standard InChI is InChI=1S/C48H63N4O9P/c1-7-40(41-22-25-45(51(29-35(2)3)30-36(4)5)44(27-41)50-47(54)49-42-23-20-37(6)21-24-42)28-46(53)57-34-58-48(55)52-26-14-19-43(52)33-61-62(56,59-31-38-15-10-8-11-16-38)60-32-39-17-12-9-13-18-39/h8-13,15-18,20-25,27,35-36,40,43H,7,14,19,26,28-34H2,1-6H3,(H2,49,50,54)/t40-,43?/m0/s1. The number of anilines is 3. The molecule has 14 heteroatoms. The Morgan fingerprint density at radius 3 is 1.98 bits per heavy atom. The van der Waals surface area contributed by atoms with Crippen LogP contribution in [0.2, 0.25) is 0 Å². The SMILES string of the molecule is CC[C@@H](CC(=O)OCOC(=O)N1CCCC1COP(=O)(OCc1ccccc1)OCc1ccccc1)c1ccc(N(CC(C)C)CC(C)C)c(NC(=O)Nc2ccc(C)cc2)c1. The minimum Gasteiger partial charge on any atom is -0.428 e. The summed E-state index contributed by atoms with van der Waals surface area (Å²) < 4.78 is 42.0. The van der Waals surface area contributed by atoms with E-state index in [0.717, 1.165) is 41.0 Å². The van der Waals surface area contributed by atoms with Crippen LogP contribution in [0, 0.1) is 18.8 Å². The molecule has 1 saturated heterocycles. The summed E-state index contributed by atoms with van der Waals surface area (Å²) in [5.74, 6) is -0.00357. The summed E-state index contributed by atoms with van der Waals surface area (Å²) in [4.78, 5) is 43.6. The smallest absolute Gasteiger partial charge is 0.428 e. The third-order valence-electron chi connectivity index (χ3n) is 10.4. The molecule has 0 radical (unpaired) electrons. The number of nitrogens with zero attached hydrogens (tertiary/aromatic N) is 2. The summed E-state index contributed by atoms with van der Waals surface area (Å²) >= 11 is 0. The van der Waals surface area contributed by atoms with Gasteiger partial charge in [-0.1, -0.05) is 119 Å². The number of nitrogens with one attached hydrogen (secondary N) is 2. The highest BCUT2D eigenvalue weighted by Gasteiger charge is 2.35. The molecule has 3 amide bonds. The van der Waals surface area contributed by atoms with Gasteiger partial charge in [0, 0.05) is 25.3 Å². The number of carbonyl (C=O) groups is 3. The highest BCUT2D eigenvalue weighted by atomic mass is 31.2. The van der Waals surface area contributed by atoms with Crippen molar-refractivity contribution in [2.24, 2.45) is 11.8 Å². The zero-order valence-electron chi connectivity index (χ0n) is 36.9. The van der Waals surface area contributed by atoms with E-state index in [1.54, 1.807) is 0 Å². The Balaban J connectivity index is 1.18. The second-order valence-electron chi connectivity index (χ2n) is 16.5. The predicted octanol–water partition coefficient (Wildman–Crippen LogP) is 11.3. The molecular weight excluding hydrogens is 808 g/mol. The van der Waals surface area contributed by atoms with E-state index in [1.807, 2.05) is 117 Å². The van der Waals surface area contributed by atoms with Crippen molar-refractivity contribution in [1.29, 1.82) is 0 Å². The number of phosphoric acid groups is 1. The Labute approximate surface area is 367 Å². The minimum absolute atomic E-state index is 0.0117. The maximum Gasteiger partial charge on any atom is 0.475 e. The number of benzene rings is 4. The van der Waals surface area contributed by atoms with E-state index >= 15 is 0 Å². The van der Waals surface area contributed by atoms with Crippen molar-refractivity contribution in [2.75, 3.05) is 48.6 Å². The van der Waals surface area contributed by atoms with Gasteiger partial charge in [0.1, 0.15) is 0 Å². The Morgan fingerprint density at radius 1 is 0.790 bits per heavy atom. The van der Waals surface area contributed by atoms with Gasteiger partial charge in [-0.25, -0.2) is 14.2 Å². The van der Waals surface area contributed by atoms with Gasteiger partial charge in [-0.2, -0.15) is 0 Å². The lowest BCUT2D eigenvalue weighted by atomic mass is 9.92. The van der Waals surface area contributed by atoms with Gasteiger partial charge in [0.05, 0.1) is 43.7 Å². The van der Waals surface area contributed by atoms with Crippen LogP contribution in [-0.2, 0) is 45.6 Å². The molecule has 1 aliphatic heterocycles. The van der Waals surface area contributed by atoms with Gasteiger partial charge in [-0.15, -0.1) is 0 Å². The van der Waals surface area contributed by atoms with Crippen molar-refractivity contribution in [3.63, 3.8) is 0 Å². The van der Waals surface area contributed by atoms with Crippen LogP contribution in [0.5, 0.6) is 0 Å². The molecule has 334 valence electrons. The monoisotopic (exact) mass is 870 g/mol. The molecule has 0 saturated carbocycles. The predicted molar refractivity (Wildman–Crippen MR) is 243 cm³/mol. The Morgan fingerprint density at radius 2 is 1.40 bits per heavy atom. The Bertz CT molecular complexity index is 2010. The fourth-order valence-electron chi connectivity index (χ4n) is 7.24. The van der Waals surface area contributed by atoms with Crippen LogP contribution >= 0.6 is 7.82 Å². The number of carbonyl (C=O) groups excluding carboxylic acids is 3. The highest BCUT2D eigenvalue weighted by molar-refractivity contribution is 7.48. The van der Waals surface area contributed by atoms with Crippen LogP contribution in [0.3, 0.4) is 0 Å². The average Bonchev–Trinajstić information content (AvgIpc) is 3.74. The third kappa shape index (κ3) is 15.3. The quantitative estimate of drug-likeness (QED) is 0.0445. The summed E-state index contributed by atoms with van der Waals surface area (Å²) in [6, 6.07) is 31.3. The number of likely N-dealkylation sites (tertiary alicyclic amines) is 1. The van der Waals surface area contributed by atoms with Gasteiger partial charge in [0.25, 0.3) is 0 Å². The molecule has 0 bridgehead atoms. The van der Waals surface area contributed by atoms with E-state index in [-0.39, 0.29) is 38.2 Å². The molecule has 0 aliphatic carbocycles. The van der Waals surface area contributed by atoms with Crippen LogP contribution in [0.15, 0.2) is 103 Å². The molecular formula is C48H63N4O9P. The second-order valence-corrected chi connectivity index (χ2v) is 18.2. The number of hydrogen-bond acceptors (Lipinski definition) is 10. The van der Waals surface area contributed by atoms with Crippen molar-refractivity contribution in [1.82, 2.24) is 4.90 Å². The first-order valence-electron chi connectivity index (χ1n) is 21.5. The maximum atomic E-state index is 13.8. The van der Waals surface area contributed by atoms with Crippen LogP contribution in [0.1, 0.15) is 88.5 Å². The number of aryl methyl sites for hydroxylation is 1. The summed E-state index contributed by atoms with van der Waals surface area (Å²) in [7, 11) is -4.06. The minimum atomic E-state index is -4.06. The van der Waals surface area contributed by atoms with Crippen LogP contribution < -0.4 is 15.5 Å². The molecule has 0 spiro atoms. The highest BCUT2D eigenvalue weighted by Crippen LogP contribution is 2.51. The molecule has 4 aromatic rings. The second kappa shape index (κ2) is 23.9. The molecule has 0 aromatic heterocycles. The zero-order chi connectivity index (χ0) is 44.5. The first-order valence-corrected chi connectivity index (χ1v) is 23.0. The lowest BCUT2D eigenvalue weighted by Gasteiger charge is -2.31. The number of amides is 3. The van der Waals surface area contributed by atoms with Crippen LogP contribution in [0.25, 0.3) is 0 Å². The van der Waals surface area contributed by atoms with Crippen molar-refractivity contribution in [3.8, 4) is 0 Å². The molecule has 4 aromatic carbocycles. The van der Waals surface area contributed by atoms with Gasteiger partial charge in [0.15, 0.2) is 0 Å². The van der Waals surface area contributed by atoms with Crippen LogP contribution in [-0.4, -0.2) is 62.1 Å². The van der Waals surface area contributed by atoms with Gasteiger partial charge < -0.3 is 29.9 Å². The van der Waals surface area contributed by atoms with E-state index in [4.69, 9.17) is 23.0 Å². The van der Waals surface area contributed by atoms with Crippen molar-refractivity contribution in [3.05, 3.63) is 125 Å². The number of rotatable bonds is 22. The fraction of sp³-hybridized carbons (Fsp3) is 0.438. The molecule has 13 nitrogen and oxygen atoms in total. The number of hydrogen-bond donors (Lipinski definition) is 2. The number of phosphoric ester groups is 1. The maximum absolute atomic E-state index is 13.8. The van der Waals surface area contributed by atoms with E-state index < -0.39 is 32.7 Å². The van der Waals surface area contributed by atoms with Gasteiger partial charge >= 0.3 is 25.9 Å². The summed E-state index contributed by atoms with van der Waals surface area (Å²) in [5.41, 5.74) is 5.77. The van der Waals surface area contributed by atoms with Crippen molar-refractivity contribution >= 4 is 43.0 Å². The summed E-state index contributed by atoms with van der Waals surface area (Å²) in [6.07, 6.45) is 1.24. The summed E-state index contributed by atoms with van der Waals surface area (Å²) in [5, 5.41) is 6.02. The molecule has 2 atom stereocenters. The zero-order valence-corrected chi connectivity index (χ0v) is 37.8. The fourth-order valence-corrected chi connectivity index (χ4v) is 8.43. The molecule has 1 unspecified atom stereocenters. The lowest BCUT2D eigenvalue weighted by molar-refractivity contribution is -0.153. The van der Waals surface area contributed by atoms with Crippen molar-refractivity contribution < 1.29 is 42.0 Å². The first kappa shape index (κ1) is 47.8. The van der Waals surface area contributed by atoms with E-state index in [9.17, 15) is 18.9 Å². The summed E-state index contributed by atoms with van der Waals surface area (Å²) in [6.45, 7) is 14.0. The lowest BCUT2D eigenvalue weighted by Crippen LogP contribution is -2.39. The van der Waals surface area contributed by atoms with Crippen molar-refractivity contribution in [2.45, 2.75) is 92.4 Å². The average molecular weight is 871 g/mol. The Hall–Kier alpha value is -5.20. The third-order valence-corrected chi connectivity index (χ3v) is 11.7. The first-order chi connectivity index (χ1) is 29.8. The van der Waals surface area contributed by atoms with E-state index in [1.165, 1.54) is 4.90 Å². The molecule has 1 aliphatic rings. The largest absolute Gasteiger partial charge is 0.475 e. The molecule has 5 rings (SSSR count). The topological polar surface area (TPSA) is 145 Å². The molecule has 1 heterocycles. The van der Waals surface area contributed by atoms with Gasteiger partial charge in [-0.3, -0.25) is 18.4 Å².